The number of carbonyl (C=O) groups is 3. The summed E-state index contributed by atoms with van der Waals surface area (Å²) in [5, 5.41) is 5.14. The minimum atomic E-state index is -1.74. The van der Waals surface area contributed by atoms with Gasteiger partial charge in [0.1, 0.15) is 5.15 Å². The molecule has 1 unspecified atom stereocenters. The van der Waals surface area contributed by atoms with E-state index in [1.54, 1.807) is 18.2 Å². The molecule has 0 aliphatic heterocycles. The minimum Gasteiger partial charge on any atom is -0.449 e. The Morgan fingerprint density at radius 1 is 1.06 bits per heavy atom. The van der Waals surface area contributed by atoms with Crippen molar-refractivity contribution in [1.29, 1.82) is 0 Å². The van der Waals surface area contributed by atoms with E-state index in [1.165, 1.54) is 19.1 Å². The summed E-state index contributed by atoms with van der Waals surface area (Å²) in [5.74, 6) is -7.19. The lowest BCUT2D eigenvalue weighted by molar-refractivity contribution is -0.130. The SMILES string of the molecule is CC(OC(=O)c1ccc2nc(Cl)ccc2c1)C(=O)NCC(=O)Nc1ccc(F)c(F)c1F. The number of ether oxygens (including phenoxy) is 1. The number of hydrogen-bond donors (Lipinski definition) is 2. The van der Waals surface area contributed by atoms with Gasteiger partial charge in [0.05, 0.1) is 23.3 Å². The van der Waals surface area contributed by atoms with Crippen LogP contribution in [-0.4, -0.2) is 35.4 Å². The molecule has 0 spiro atoms. The number of benzene rings is 2. The summed E-state index contributed by atoms with van der Waals surface area (Å²) < 4.78 is 44.8. The predicted molar refractivity (Wildman–Crippen MR) is 110 cm³/mol. The fourth-order valence-electron chi connectivity index (χ4n) is 2.64. The van der Waals surface area contributed by atoms with E-state index in [2.05, 4.69) is 10.3 Å². The number of halogens is 4. The second kappa shape index (κ2) is 9.65. The summed E-state index contributed by atoms with van der Waals surface area (Å²) in [7, 11) is 0. The van der Waals surface area contributed by atoms with Crippen molar-refractivity contribution in [2.75, 3.05) is 11.9 Å². The second-order valence-electron chi connectivity index (χ2n) is 6.58. The molecular formula is C21H15ClF3N3O4. The van der Waals surface area contributed by atoms with Crippen molar-refractivity contribution >= 4 is 46.0 Å². The molecule has 1 atom stereocenters. The van der Waals surface area contributed by atoms with Crippen LogP contribution in [0.15, 0.2) is 42.5 Å². The average molecular weight is 466 g/mol. The topological polar surface area (TPSA) is 97.4 Å². The van der Waals surface area contributed by atoms with Gasteiger partial charge in [0, 0.05) is 5.39 Å². The Balaban J connectivity index is 1.54. The van der Waals surface area contributed by atoms with Crippen LogP contribution < -0.4 is 10.6 Å². The van der Waals surface area contributed by atoms with E-state index < -0.39 is 53.6 Å². The molecule has 0 saturated heterocycles. The monoisotopic (exact) mass is 465 g/mol. The Morgan fingerprint density at radius 3 is 2.56 bits per heavy atom. The highest BCUT2D eigenvalue weighted by atomic mass is 35.5. The van der Waals surface area contributed by atoms with Crippen LogP contribution in [0.1, 0.15) is 17.3 Å². The van der Waals surface area contributed by atoms with E-state index in [4.69, 9.17) is 16.3 Å². The zero-order valence-corrected chi connectivity index (χ0v) is 17.2. The predicted octanol–water partition coefficient (Wildman–Crippen LogP) is 3.61. The first-order valence-electron chi connectivity index (χ1n) is 9.14. The van der Waals surface area contributed by atoms with Crippen LogP contribution in [-0.2, 0) is 14.3 Å². The number of pyridine rings is 1. The smallest absolute Gasteiger partial charge is 0.338 e. The van der Waals surface area contributed by atoms with Gasteiger partial charge >= 0.3 is 5.97 Å². The third-order valence-corrected chi connectivity index (χ3v) is 4.49. The highest BCUT2D eigenvalue weighted by molar-refractivity contribution is 6.29. The highest BCUT2D eigenvalue weighted by Gasteiger charge is 2.21. The van der Waals surface area contributed by atoms with Crippen molar-refractivity contribution in [3.63, 3.8) is 0 Å². The maximum atomic E-state index is 13.6. The van der Waals surface area contributed by atoms with E-state index in [0.717, 1.165) is 6.07 Å². The largest absolute Gasteiger partial charge is 0.449 e. The van der Waals surface area contributed by atoms with Gasteiger partial charge in [-0.1, -0.05) is 11.6 Å². The van der Waals surface area contributed by atoms with Gasteiger partial charge < -0.3 is 15.4 Å². The zero-order valence-electron chi connectivity index (χ0n) is 16.4. The molecule has 32 heavy (non-hydrogen) atoms. The molecule has 166 valence electrons. The van der Waals surface area contributed by atoms with E-state index in [9.17, 15) is 27.6 Å². The van der Waals surface area contributed by atoms with Crippen molar-refractivity contribution < 1.29 is 32.3 Å². The molecule has 3 rings (SSSR count). The van der Waals surface area contributed by atoms with Gasteiger partial charge in [-0.2, -0.15) is 0 Å². The van der Waals surface area contributed by atoms with Crippen LogP contribution in [0.5, 0.6) is 0 Å². The number of rotatable bonds is 6. The molecule has 1 aromatic heterocycles. The van der Waals surface area contributed by atoms with E-state index >= 15 is 0 Å². The summed E-state index contributed by atoms with van der Waals surface area (Å²) in [5.41, 5.74) is 0.158. The van der Waals surface area contributed by atoms with Crippen molar-refractivity contribution in [1.82, 2.24) is 10.3 Å². The van der Waals surface area contributed by atoms with E-state index in [0.29, 0.717) is 22.1 Å². The van der Waals surface area contributed by atoms with Crippen LogP contribution >= 0.6 is 11.6 Å². The van der Waals surface area contributed by atoms with Crippen LogP contribution in [0.3, 0.4) is 0 Å². The number of esters is 1. The molecule has 1 heterocycles. The number of fused-ring (bicyclic) bond motifs is 1. The Kier molecular flexibility index (Phi) is 6.94. The van der Waals surface area contributed by atoms with E-state index in [-0.39, 0.29) is 5.56 Å². The first-order valence-corrected chi connectivity index (χ1v) is 9.52. The quantitative estimate of drug-likeness (QED) is 0.329. The average Bonchev–Trinajstić information content (AvgIpc) is 2.77. The van der Waals surface area contributed by atoms with Crippen molar-refractivity contribution in [2.24, 2.45) is 0 Å². The number of nitrogens with one attached hydrogen (secondary N) is 2. The third-order valence-electron chi connectivity index (χ3n) is 4.28. The molecule has 0 saturated carbocycles. The van der Waals surface area contributed by atoms with Crippen molar-refractivity contribution in [3.8, 4) is 0 Å². The van der Waals surface area contributed by atoms with Crippen LogP contribution in [0.4, 0.5) is 18.9 Å². The van der Waals surface area contributed by atoms with Gasteiger partial charge in [-0.25, -0.2) is 22.9 Å². The number of nitrogens with zero attached hydrogens (tertiary/aromatic N) is 1. The van der Waals surface area contributed by atoms with E-state index in [1.807, 2.05) is 5.32 Å². The highest BCUT2D eigenvalue weighted by Crippen LogP contribution is 2.20. The number of aromatic nitrogens is 1. The van der Waals surface area contributed by atoms with Crippen LogP contribution in [0, 0.1) is 17.5 Å². The third kappa shape index (κ3) is 5.33. The summed E-state index contributed by atoms with van der Waals surface area (Å²) in [6, 6.07) is 9.27. The maximum absolute atomic E-state index is 13.6. The summed E-state index contributed by atoms with van der Waals surface area (Å²) in [4.78, 5) is 40.4. The lowest BCUT2D eigenvalue weighted by atomic mass is 10.1. The maximum Gasteiger partial charge on any atom is 0.338 e. The molecule has 0 radical (unpaired) electrons. The van der Waals surface area contributed by atoms with Gasteiger partial charge in [-0.15, -0.1) is 0 Å². The van der Waals surface area contributed by atoms with Gasteiger partial charge in [0.15, 0.2) is 23.6 Å². The minimum absolute atomic E-state index is 0.174. The van der Waals surface area contributed by atoms with Crippen molar-refractivity contribution in [3.05, 3.63) is 70.6 Å². The lowest BCUT2D eigenvalue weighted by Crippen LogP contribution is -2.40. The number of anilines is 1. The Labute approximate surface area is 184 Å². The van der Waals surface area contributed by atoms with Gasteiger partial charge in [-0.3, -0.25) is 9.59 Å². The van der Waals surface area contributed by atoms with Gasteiger partial charge in [0.25, 0.3) is 5.91 Å². The molecule has 7 nitrogen and oxygen atoms in total. The number of hydrogen-bond acceptors (Lipinski definition) is 5. The molecule has 0 bridgehead atoms. The summed E-state index contributed by atoms with van der Waals surface area (Å²) in [6.07, 6.45) is -1.26. The first kappa shape index (κ1) is 23.0. The molecule has 0 aliphatic rings. The fourth-order valence-corrected chi connectivity index (χ4v) is 2.79. The number of carbonyl (C=O) groups excluding carboxylic acids is 3. The molecule has 2 aromatic carbocycles. The Morgan fingerprint density at radius 2 is 1.81 bits per heavy atom. The van der Waals surface area contributed by atoms with Crippen LogP contribution in [0.25, 0.3) is 10.9 Å². The van der Waals surface area contributed by atoms with Crippen LogP contribution in [0.2, 0.25) is 5.15 Å². The van der Waals surface area contributed by atoms with Crippen molar-refractivity contribution in [2.45, 2.75) is 13.0 Å². The van der Waals surface area contributed by atoms with Gasteiger partial charge in [-0.05, 0) is 49.4 Å². The summed E-state index contributed by atoms with van der Waals surface area (Å²) in [6.45, 7) is 0.671. The molecule has 11 heteroatoms. The summed E-state index contributed by atoms with van der Waals surface area (Å²) >= 11 is 5.82. The first-order chi connectivity index (χ1) is 15.2. The standard InChI is InChI=1S/C21H15ClF3N3O4/c1-10(32-21(31)12-2-5-14-11(8-12)3-7-16(22)27-14)20(30)26-9-17(29)28-15-6-4-13(23)18(24)19(15)25/h2-8,10H,9H2,1H3,(H,26,30)(H,28,29). The molecule has 0 aliphatic carbocycles. The molecule has 2 N–H and O–H groups in total. The Hall–Kier alpha value is -3.66. The normalized spacial score (nSPS) is 11.7. The second-order valence-corrected chi connectivity index (χ2v) is 6.97. The molecule has 0 fully saturated rings. The number of amides is 2. The molecule has 2 amide bonds. The fraction of sp³-hybridized carbons (Fsp3) is 0.143. The Bertz CT molecular complexity index is 1220. The molecule has 3 aromatic rings. The molecular weight excluding hydrogens is 451 g/mol. The zero-order chi connectivity index (χ0) is 23.4. The van der Waals surface area contributed by atoms with Gasteiger partial charge in [0.2, 0.25) is 5.91 Å². The lowest BCUT2D eigenvalue weighted by Gasteiger charge is -2.14.